The largest absolute Gasteiger partial charge is 0.298 e. The van der Waals surface area contributed by atoms with E-state index in [0.29, 0.717) is 16.4 Å². The van der Waals surface area contributed by atoms with Crippen LogP contribution in [0.3, 0.4) is 0 Å². The summed E-state index contributed by atoms with van der Waals surface area (Å²) in [7, 11) is -3.62. The number of nitrogens with one attached hydrogen (secondary N) is 2. The molecule has 0 unspecified atom stereocenters. The Labute approximate surface area is 172 Å². The Morgan fingerprint density at radius 1 is 1.07 bits per heavy atom. The summed E-state index contributed by atoms with van der Waals surface area (Å²) in [4.78, 5) is 17.9. The molecule has 152 valence electrons. The number of sulfonamides is 1. The van der Waals surface area contributed by atoms with Gasteiger partial charge in [-0.15, -0.1) is 11.3 Å². The minimum Gasteiger partial charge on any atom is -0.298 e. The zero-order valence-corrected chi connectivity index (χ0v) is 17.7. The summed E-state index contributed by atoms with van der Waals surface area (Å²) in [6.45, 7) is 5.33. The molecule has 9 heteroatoms. The molecule has 29 heavy (non-hydrogen) atoms. The van der Waals surface area contributed by atoms with Crippen molar-refractivity contribution in [2.75, 3.05) is 5.32 Å². The number of thiazole rings is 1. The van der Waals surface area contributed by atoms with Crippen LogP contribution in [0.15, 0.2) is 53.4 Å². The molecule has 3 rings (SSSR count). The number of hydrogen-bond donors (Lipinski definition) is 2. The molecule has 1 aromatic heterocycles. The lowest BCUT2D eigenvalue weighted by molar-refractivity contribution is 0.102. The first kappa shape index (κ1) is 21.1. The second-order valence-electron chi connectivity index (χ2n) is 6.69. The summed E-state index contributed by atoms with van der Waals surface area (Å²) in [6, 6.07) is 11.4. The molecule has 2 aromatic carbocycles. The molecule has 1 amide bonds. The summed E-state index contributed by atoms with van der Waals surface area (Å²) in [5.74, 6) is -0.727. The molecule has 0 spiro atoms. The molecule has 1 heterocycles. The predicted molar refractivity (Wildman–Crippen MR) is 112 cm³/mol. The quantitative estimate of drug-likeness (QED) is 0.610. The van der Waals surface area contributed by atoms with Crippen molar-refractivity contribution >= 4 is 32.4 Å². The molecule has 2 N–H and O–H groups in total. The number of aromatic nitrogens is 1. The van der Waals surface area contributed by atoms with E-state index in [2.05, 4.69) is 15.0 Å². The van der Waals surface area contributed by atoms with Gasteiger partial charge in [0.2, 0.25) is 10.0 Å². The summed E-state index contributed by atoms with van der Waals surface area (Å²) in [5, 5.41) is 3.13. The normalized spacial score (nSPS) is 11.6. The van der Waals surface area contributed by atoms with Gasteiger partial charge >= 0.3 is 0 Å². The van der Waals surface area contributed by atoms with Crippen molar-refractivity contribution in [1.29, 1.82) is 0 Å². The van der Waals surface area contributed by atoms with Gasteiger partial charge in [-0.1, -0.05) is 0 Å². The SMILES string of the molecule is Cc1sc(NC(=O)c2ccc(S(=O)(=O)NC(C)C)cc2)nc1-c1ccc(F)cc1. The van der Waals surface area contributed by atoms with Gasteiger partial charge in [-0.2, -0.15) is 0 Å². The molecule has 0 saturated carbocycles. The van der Waals surface area contributed by atoms with E-state index in [0.717, 1.165) is 10.4 Å². The Morgan fingerprint density at radius 3 is 2.28 bits per heavy atom. The van der Waals surface area contributed by atoms with Crippen LogP contribution >= 0.6 is 11.3 Å². The van der Waals surface area contributed by atoms with Crippen molar-refractivity contribution in [2.45, 2.75) is 31.7 Å². The Kier molecular flexibility index (Phi) is 6.11. The zero-order valence-electron chi connectivity index (χ0n) is 16.1. The predicted octanol–water partition coefficient (Wildman–Crippen LogP) is 4.20. The number of amides is 1. The Balaban J connectivity index is 1.75. The molecule has 0 radical (unpaired) electrons. The second-order valence-corrected chi connectivity index (χ2v) is 9.60. The van der Waals surface area contributed by atoms with Crippen LogP contribution in [0.4, 0.5) is 9.52 Å². The molecular weight excluding hydrogens is 413 g/mol. The second kappa shape index (κ2) is 8.40. The zero-order chi connectivity index (χ0) is 21.2. The first-order valence-corrected chi connectivity index (χ1v) is 11.1. The molecule has 0 aliphatic carbocycles. The Bertz CT molecular complexity index is 1120. The molecule has 0 aliphatic heterocycles. The highest BCUT2D eigenvalue weighted by Gasteiger charge is 2.17. The number of hydrogen-bond acceptors (Lipinski definition) is 5. The van der Waals surface area contributed by atoms with Crippen LogP contribution in [0, 0.1) is 12.7 Å². The third kappa shape index (κ3) is 5.06. The van der Waals surface area contributed by atoms with Gasteiger partial charge in [0.1, 0.15) is 5.82 Å². The van der Waals surface area contributed by atoms with Crippen molar-refractivity contribution in [3.8, 4) is 11.3 Å². The average molecular weight is 434 g/mol. The molecule has 6 nitrogen and oxygen atoms in total. The summed E-state index contributed by atoms with van der Waals surface area (Å²) in [5.41, 5.74) is 1.74. The maximum Gasteiger partial charge on any atom is 0.257 e. The van der Waals surface area contributed by atoms with E-state index in [1.165, 1.54) is 47.7 Å². The van der Waals surface area contributed by atoms with Crippen LogP contribution in [0.5, 0.6) is 0 Å². The topological polar surface area (TPSA) is 88.2 Å². The Morgan fingerprint density at radius 2 is 1.69 bits per heavy atom. The molecule has 0 aliphatic rings. The minimum atomic E-state index is -3.62. The lowest BCUT2D eigenvalue weighted by Crippen LogP contribution is -2.30. The van der Waals surface area contributed by atoms with Gasteiger partial charge in [0.15, 0.2) is 5.13 Å². The van der Waals surface area contributed by atoms with E-state index < -0.39 is 15.9 Å². The van der Waals surface area contributed by atoms with Crippen molar-refractivity contribution in [3.63, 3.8) is 0 Å². The highest BCUT2D eigenvalue weighted by Crippen LogP contribution is 2.30. The van der Waals surface area contributed by atoms with E-state index in [-0.39, 0.29) is 16.8 Å². The molecule has 3 aromatic rings. The fraction of sp³-hybridized carbons (Fsp3) is 0.200. The van der Waals surface area contributed by atoms with Crippen LogP contribution in [0.2, 0.25) is 0 Å². The van der Waals surface area contributed by atoms with Gasteiger partial charge in [0.05, 0.1) is 10.6 Å². The van der Waals surface area contributed by atoms with E-state index in [1.54, 1.807) is 26.0 Å². The van der Waals surface area contributed by atoms with Crippen LogP contribution in [0.25, 0.3) is 11.3 Å². The number of aryl methyl sites for hydroxylation is 1. The van der Waals surface area contributed by atoms with Crippen molar-refractivity contribution in [1.82, 2.24) is 9.71 Å². The minimum absolute atomic E-state index is 0.0893. The molecule has 0 fully saturated rings. The summed E-state index contributed by atoms with van der Waals surface area (Å²) >= 11 is 1.31. The third-order valence-electron chi connectivity index (χ3n) is 3.95. The fourth-order valence-corrected chi connectivity index (χ4v) is 4.74. The average Bonchev–Trinajstić information content (AvgIpc) is 3.01. The van der Waals surface area contributed by atoms with E-state index in [4.69, 9.17) is 0 Å². The van der Waals surface area contributed by atoms with Gasteiger partial charge in [-0.25, -0.2) is 22.5 Å². The third-order valence-corrected chi connectivity index (χ3v) is 6.51. The van der Waals surface area contributed by atoms with Gasteiger partial charge < -0.3 is 0 Å². The van der Waals surface area contributed by atoms with Crippen LogP contribution in [-0.2, 0) is 10.0 Å². The number of halogens is 1. The molecule has 0 atom stereocenters. The maximum absolute atomic E-state index is 13.1. The van der Waals surface area contributed by atoms with Crippen LogP contribution in [0.1, 0.15) is 29.1 Å². The van der Waals surface area contributed by atoms with E-state index in [1.807, 2.05) is 6.92 Å². The summed E-state index contributed by atoms with van der Waals surface area (Å²) < 4.78 is 39.9. The fourth-order valence-electron chi connectivity index (χ4n) is 2.66. The lowest BCUT2D eigenvalue weighted by atomic mass is 10.1. The van der Waals surface area contributed by atoms with Crippen LogP contribution < -0.4 is 10.0 Å². The van der Waals surface area contributed by atoms with Crippen molar-refractivity contribution < 1.29 is 17.6 Å². The molecule has 0 saturated heterocycles. The number of nitrogens with zero attached hydrogens (tertiary/aromatic N) is 1. The standard InChI is InChI=1S/C20H20FN3O3S2/c1-12(2)24-29(26,27)17-10-6-15(7-11-17)19(25)23-20-22-18(13(3)28-20)14-4-8-16(21)9-5-14/h4-12,24H,1-3H3,(H,22,23,25). The number of carbonyl (C=O) groups excluding carboxylic acids is 1. The number of carbonyl (C=O) groups is 1. The lowest BCUT2D eigenvalue weighted by Gasteiger charge is -2.10. The number of anilines is 1. The van der Waals surface area contributed by atoms with Gasteiger partial charge in [0.25, 0.3) is 5.91 Å². The number of rotatable bonds is 6. The van der Waals surface area contributed by atoms with Crippen molar-refractivity contribution in [2.24, 2.45) is 0 Å². The van der Waals surface area contributed by atoms with Gasteiger partial charge in [0, 0.05) is 22.0 Å². The van der Waals surface area contributed by atoms with Gasteiger partial charge in [-0.3, -0.25) is 10.1 Å². The smallest absolute Gasteiger partial charge is 0.257 e. The van der Waals surface area contributed by atoms with E-state index >= 15 is 0 Å². The maximum atomic E-state index is 13.1. The summed E-state index contributed by atoms with van der Waals surface area (Å²) in [6.07, 6.45) is 0. The highest BCUT2D eigenvalue weighted by molar-refractivity contribution is 7.89. The number of benzene rings is 2. The first-order valence-electron chi connectivity index (χ1n) is 8.83. The molecule has 0 bridgehead atoms. The van der Waals surface area contributed by atoms with Gasteiger partial charge in [-0.05, 0) is 69.3 Å². The van der Waals surface area contributed by atoms with E-state index in [9.17, 15) is 17.6 Å². The van der Waals surface area contributed by atoms with Crippen LogP contribution in [-0.4, -0.2) is 25.4 Å². The monoisotopic (exact) mass is 433 g/mol. The Hall–Kier alpha value is -2.62. The van der Waals surface area contributed by atoms with Crippen molar-refractivity contribution in [3.05, 3.63) is 64.8 Å². The highest BCUT2D eigenvalue weighted by atomic mass is 32.2. The molecular formula is C20H20FN3O3S2. The first-order chi connectivity index (χ1) is 13.7.